The Morgan fingerprint density at radius 3 is 2.24 bits per heavy atom. The van der Waals surface area contributed by atoms with Gasteiger partial charge >= 0.3 is 0 Å². The van der Waals surface area contributed by atoms with E-state index in [4.69, 9.17) is 0 Å². The van der Waals surface area contributed by atoms with Gasteiger partial charge in [-0.1, -0.05) is 78.4 Å². The van der Waals surface area contributed by atoms with Crippen molar-refractivity contribution in [3.05, 3.63) is 84.4 Å². The first-order valence-electron chi connectivity index (χ1n) is 7.30. The predicted molar refractivity (Wildman–Crippen MR) is 91.6 cm³/mol. The lowest BCUT2D eigenvalue weighted by atomic mass is 9.95. The predicted octanol–water partition coefficient (Wildman–Crippen LogP) is 5.97. The molecule has 0 saturated heterocycles. The topological polar surface area (TPSA) is 0 Å². The molecule has 0 aliphatic rings. The fraction of sp³-hybridized carbons (Fsp3) is 0.0476. The minimum Gasteiger partial charge on any atom is -0.0616 e. The van der Waals surface area contributed by atoms with Gasteiger partial charge in [-0.3, -0.25) is 0 Å². The van der Waals surface area contributed by atoms with Crippen LogP contribution in [0.3, 0.4) is 0 Å². The summed E-state index contributed by atoms with van der Waals surface area (Å²) in [4.78, 5) is 0. The molecule has 0 aliphatic carbocycles. The molecule has 0 heterocycles. The van der Waals surface area contributed by atoms with Crippen molar-refractivity contribution in [1.82, 2.24) is 0 Å². The van der Waals surface area contributed by atoms with Gasteiger partial charge < -0.3 is 0 Å². The third-order valence-corrected chi connectivity index (χ3v) is 4.10. The Kier molecular flexibility index (Phi) is 2.75. The Morgan fingerprint density at radius 1 is 0.571 bits per heavy atom. The molecule has 4 rings (SSSR count). The summed E-state index contributed by atoms with van der Waals surface area (Å²) in [5.41, 5.74) is 3.89. The molecule has 0 bridgehead atoms. The van der Waals surface area contributed by atoms with Gasteiger partial charge in [0.15, 0.2) is 0 Å². The third kappa shape index (κ3) is 2.09. The molecule has 0 aliphatic heterocycles. The molecule has 0 saturated carbocycles. The molecule has 4 aromatic carbocycles. The van der Waals surface area contributed by atoms with E-state index in [2.05, 4.69) is 85.8 Å². The van der Waals surface area contributed by atoms with Crippen LogP contribution in [0, 0.1) is 6.92 Å². The molecule has 0 nitrogen and oxygen atoms in total. The fourth-order valence-electron chi connectivity index (χ4n) is 3.00. The van der Waals surface area contributed by atoms with Gasteiger partial charge in [0.25, 0.3) is 0 Å². The zero-order valence-corrected chi connectivity index (χ0v) is 12.0. The molecular weight excluding hydrogens is 252 g/mol. The first-order valence-corrected chi connectivity index (χ1v) is 7.30. The lowest BCUT2D eigenvalue weighted by Gasteiger charge is -2.09. The average molecular weight is 268 g/mol. The van der Waals surface area contributed by atoms with Gasteiger partial charge in [0.2, 0.25) is 0 Å². The lowest BCUT2D eigenvalue weighted by molar-refractivity contribution is 1.50. The van der Waals surface area contributed by atoms with Gasteiger partial charge in [0.1, 0.15) is 0 Å². The van der Waals surface area contributed by atoms with Gasteiger partial charge in [0, 0.05) is 0 Å². The SMILES string of the molecule is Cc1ccc2cccc(-c3ccc4ccccc4c3)c2c1. The van der Waals surface area contributed by atoms with Crippen LogP contribution >= 0.6 is 0 Å². The summed E-state index contributed by atoms with van der Waals surface area (Å²) in [5.74, 6) is 0. The van der Waals surface area contributed by atoms with Crippen molar-refractivity contribution in [1.29, 1.82) is 0 Å². The molecule has 0 amide bonds. The van der Waals surface area contributed by atoms with Crippen LogP contribution in [0.25, 0.3) is 32.7 Å². The van der Waals surface area contributed by atoms with Crippen molar-refractivity contribution in [3.8, 4) is 11.1 Å². The Hall–Kier alpha value is -2.60. The highest BCUT2D eigenvalue weighted by Gasteiger charge is 2.04. The number of rotatable bonds is 1. The van der Waals surface area contributed by atoms with E-state index in [1.165, 1.54) is 38.2 Å². The second kappa shape index (κ2) is 4.75. The molecule has 0 unspecified atom stereocenters. The minimum atomic E-state index is 1.28. The van der Waals surface area contributed by atoms with Crippen LogP contribution in [0.1, 0.15) is 5.56 Å². The summed E-state index contributed by atoms with van der Waals surface area (Å²) in [6, 6.07) is 28.4. The van der Waals surface area contributed by atoms with Crippen LogP contribution in [-0.4, -0.2) is 0 Å². The van der Waals surface area contributed by atoms with Crippen molar-refractivity contribution in [2.45, 2.75) is 6.92 Å². The Balaban J connectivity index is 2.01. The molecule has 21 heavy (non-hydrogen) atoms. The Labute approximate surface area is 124 Å². The van der Waals surface area contributed by atoms with Crippen molar-refractivity contribution >= 4 is 21.5 Å². The monoisotopic (exact) mass is 268 g/mol. The largest absolute Gasteiger partial charge is 0.0616 e. The summed E-state index contributed by atoms with van der Waals surface area (Å²) in [7, 11) is 0. The molecule has 0 N–H and O–H groups in total. The first kappa shape index (κ1) is 12.2. The van der Waals surface area contributed by atoms with Crippen molar-refractivity contribution < 1.29 is 0 Å². The molecule has 4 aromatic rings. The van der Waals surface area contributed by atoms with E-state index in [0.717, 1.165) is 0 Å². The molecule has 0 aromatic heterocycles. The van der Waals surface area contributed by atoms with Gasteiger partial charge in [-0.15, -0.1) is 0 Å². The highest BCUT2D eigenvalue weighted by Crippen LogP contribution is 2.31. The number of aryl methyl sites for hydroxylation is 1. The average Bonchev–Trinajstić information content (AvgIpc) is 2.54. The summed E-state index contributed by atoms with van der Waals surface area (Å²) >= 11 is 0. The summed E-state index contributed by atoms with van der Waals surface area (Å²) in [6.07, 6.45) is 0. The van der Waals surface area contributed by atoms with E-state index >= 15 is 0 Å². The van der Waals surface area contributed by atoms with E-state index < -0.39 is 0 Å². The van der Waals surface area contributed by atoms with Crippen LogP contribution in [-0.2, 0) is 0 Å². The van der Waals surface area contributed by atoms with E-state index in [1.807, 2.05) is 0 Å². The van der Waals surface area contributed by atoms with E-state index in [-0.39, 0.29) is 0 Å². The van der Waals surface area contributed by atoms with Gasteiger partial charge in [0.05, 0.1) is 0 Å². The summed E-state index contributed by atoms with van der Waals surface area (Å²) < 4.78 is 0. The lowest BCUT2D eigenvalue weighted by Crippen LogP contribution is -1.83. The molecular formula is C21H16. The van der Waals surface area contributed by atoms with E-state index in [0.29, 0.717) is 0 Å². The maximum Gasteiger partial charge on any atom is -0.0103 e. The molecule has 0 heteroatoms. The number of fused-ring (bicyclic) bond motifs is 2. The summed E-state index contributed by atoms with van der Waals surface area (Å²) in [5, 5.41) is 5.20. The smallest absolute Gasteiger partial charge is 0.0103 e. The fourth-order valence-corrected chi connectivity index (χ4v) is 3.00. The molecule has 0 radical (unpaired) electrons. The van der Waals surface area contributed by atoms with Crippen molar-refractivity contribution in [3.63, 3.8) is 0 Å². The molecule has 100 valence electrons. The summed E-state index contributed by atoms with van der Waals surface area (Å²) in [6.45, 7) is 2.15. The first-order chi connectivity index (χ1) is 10.3. The normalized spacial score (nSPS) is 11.1. The Morgan fingerprint density at radius 2 is 1.33 bits per heavy atom. The van der Waals surface area contributed by atoms with Crippen LogP contribution in [0.4, 0.5) is 0 Å². The highest BCUT2D eigenvalue weighted by molar-refractivity contribution is 5.99. The second-order valence-electron chi connectivity index (χ2n) is 5.59. The minimum absolute atomic E-state index is 1.28. The van der Waals surface area contributed by atoms with Gasteiger partial charge in [-0.2, -0.15) is 0 Å². The second-order valence-corrected chi connectivity index (χ2v) is 5.59. The van der Waals surface area contributed by atoms with Crippen LogP contribution in [0.15, 0.2) is 78.9 Å². The third-order valence-electron chi connectivity index (χ3n) is 4.10. The maximum absolute atomic E-state index is 2.28. The number of benzene rings is 4. The Bertz CT molecular complexity index is 948. The number of hydrogen-bond acceptors (Lipinski definition) is 0. The zero-order valence-electron chi connectivity index (χ0n) is 12.0. The van der Waals surface area contributed by atoms with E-state index in [1.54, 1.807) is 0 Å². The van der Waals surface area contributed by atoms with Crippen molar-refractivity contribution in [2.75, 3.05) is 0 Å². The highest BCUT2D eigenvalue weighted by atomic mass is 14.1. The molecule has 0 spiro atoms. The molecule has 0 atom stereocenters. The molecule has 0 fully saturated rings. The van der Waals surface area contributed by atoms with E-state index in [9.17, 15) is 0 Å². The standard InChI is InChI=1S/C21H16/c1-15-9-10-17-7-4-8-20(21(17)13-15)19-12-11-16-5-2-3-6-18(16)14-19/h2-14H,1H3. The van der Waals surface area contributed by atoms with Gasteiger partial charge in [-0.05, 0) is 45.7 Å². The quantitative estimate of drug-likeness (QED) is 0.399. The van der Waals surface area contributed by atoms with Crippen LogP contribution < -0.4 is 0 Å². The van der Waals surface area contributed by atoms with Crippen LogP contribution in [0.2, 0.25) is 0 Å². The zero-order chi connectivity index (χ0) is 14.2. The number of hydrogen-bond donors (Lipinski definition) is 0. The maximum atomic E-state index is 2.28. The van der Waals surface area contributed by atoms with Crippen LogP contribution in [0.5, 0.6) is 0 Å². The van der Waals surface area contributed by atoms with Gasteiger partial charge in [-0.25, -0.2) is 0 Å². The van der Waals surface area contributed by atoms with Crippen molar-refractivity contribution in [2.24, 2.45) is 0 Å².